The van der Waals surface area contributed by atoms with Gasteiger partial charge in [0.15, 0.2) is 14.8 Å². The van der Waals surface area contributed by atoms with Crippen LogP contribution >= 0.6 is 11.3 Å². The van der Waals surface area contributed by atoms with Crippen molar-refractivity contribution in [2.24, 2.45) is 0 Å². The molecule has 9 heteroatoms. The molecule has 0 saturated carbocycles. The molecule has 7 nitrogen and oxygen atoms in total. The highest BCUT2D eigenvalue weighted by molar-refractivity contribution is 7.90. The Bertz CT molecular complexity index is 1050. The van der Waals surface area contributed by atoms with Crippen molar-refractivity contribution in [2.75, 3.05) is 11.6 Å². The minimum Gasteiger partial charge on any atom is -0.322 e. The normalized spacial score (nSPS) is 11.5. The number of amides is 1. The van der Waals surface area contributed by atoms with E-state index in [-0.39, 0.29) is 10.5 Å². The first-order chi connectivity index (χ1) is 10.9. The Labute approximate surface area is 135 Å². The summed E-state index contributed by atoms with van der Waals surface area (Å²) in [5.41, 5.74) is -0.160. The maximum absolute atomic E-state index is 12.2. The van der Waals surface area contributed by atoms with Gasteiger partial charge in [-0.05, 0) is 24.3 Å². The van der Waals surface area contributed by atoms with Gasteiger partial charge in [0, 0.05) is 29.7 Å². The van der Waals surface area contributed by atoms with E-state index in [2.05, 4.69) is 10.3 Å². The monoisotopic (exact) mass is 349 g/mol. The van der Waals surface area contributed by atoms with Crippen LogP contribution in [0.5, 0.6) is 0 Å². The molecule has 0 aliphatic rings. The van der Waals surface area contributed by atoms with Gasteiger partial charge < -0.3 is 5.32 Å². The molecule has 1 N–H and O–H groups in total. The largest absolute Gasteiger partial charge is 0.322 e. The summed E-state index contributed by atoms with van der Waals surface area (Å²) < 4.78 is 24.1. The predicted octanol–water partition coefficient (Wildman–Crippen LogP) is 1.41. The number of hydrogen-bond donors (Lipinski definition) is 1. The third-order valence-electron chi connectivity index (χ3n) is 3.13. The molecule has 0 aliphatic carbocycles. The average molecular weight is 349 g/mol. The van der Waals surface area contributed by atoms with Crippen molar-refractivity contribution >= 4 is 37.7 Å². The molecule has 0 bridgehead atoms. The Morgan fingerprint density at radius 3 is 2.61 bits per heavy atom. The molecule has 2 aromatic heterocycles. The molecular weight excluding hydrogens is 338 g/mol. The molecule has 0 saturated heterocycles. The molecule has 0 atom stereocenters. The Kier molecular flexibility index (Phi) is 3.74. The molecule has 0 spiro atoms. The maximum Gasteiger partial charge on any atom is 0.271 e. The van der Waals surface area contributed by atoms with Gasteiger partial charge >= 0.3 is 0 Å². The molecular formula is C14H11N3O4S2. The molecule has 2 heterocycles. The van der Waals surface area contributed by atoms with Gasteiger partial charge in [-0.3, -0.25) is 14.0 Å². The summed E-state index contributed by atoms with van der Waals surface area (Å²) in [5, 5.41) is 4.25. The van der Waals surface area contributed by atoms with E-state index < -0.39 is 21.3 Å². The van der Waals surface area contributed by atoms with E-state index in [1.807, 2.05) is 0 Å². The van der Waals surface area contributed by atoms with Gasteiger partial charge in [-0.25, -0.2) is 13.4 Å². The third kappa shape index (κ3) is 3.01. The fourth-order valence-corrected chi connectivity index (χ4v) is 3.27. The van der Waals surface area contributed by atoms with Gasteiger partial charge in [0.05, 0.1) is 4.90 Å². The summed E-state index contributed by atoms with van der Waals surface area (Å²) in [6, 6.07) is 5.70. The van der Waals surface area contributed by atoms with Gasteiger partial charge in [0.2, 0.25) is 0 Å². The molecule has 0 aliphatic heterocycles. The lowest BCUT2D eigenvalue weighted by Gasteiger charge is -2.06. The lowest BCUT2D eigenvalue weighted by molar-refractivity contribution is 0.102. The van der Waals surface area contributed by atoms with Gasteiger partial charge in [0.25, 0.3) is 11.5 Å². The number of fused-ring (bicyclic) bond motifs is 1. The summed E-state index contributed by atoms with van der Waals surface area (Å²) in [6.07, 6.45) is 3.88. The van der Waals surface area contributed by atoms with E-state index in [1.165, 1.54) is 46.2 Å². The van der Waals surface area contributed by atoms with Gasteiger partial charge in [-0.1, -0.05) is 0 Å². The average Bonchev–Trinajstić information content (AvgIpc) is 2.96. The Morgan fingerprint density at radius 1 is 1.26 bits per heavy atom. The van der Waals surface area contributed by atoms with Crippen molar-refractivity contribution in [3.63, 3.8) is 0 Å². The predicted molar refractivity (Wildman–Crippen MR) is 86.8 cm³/mol. The second kappa shape index (κ2) is 5.60. The lowest BCUT2D eigenvalue weighted by Crippen LogP contribution is -2.25. The van der Waals surface area contributed by atoms with Crippen LogP contribution in [-0.4, -0.2) is 30.0 Å². The van der Waals surface area contributed by atoms with Crippen LogP contribution in [0.3, 0.4) is 0 Å². The van der Waals surface area contributed by atoms with Crippen molar-refractivity contribution in [3.05, 3.63) is 58.0 Å². The Balaban J connectivity index is 1.89. The summed E-state index contributed by atoms with van der Waals surface area (Å²) in [7, 11) is -3.30. The first-order valence-corrected chi connectivity index (χ1v) is 9.20. The van der Waals surface area contributed by atoms with Crippen molar-refractivity contribution < 1.29 is 13.2 Å². The quantitative estimate of drug-likeness (QED) is 0.771. The zero-order chi connectivity index (χ0) is 16.6. The number of aromatic nitrogens is 2. The molecule has 0 fully saturated rings. The highest BCUT2D eigenvalue weighted by Gasteiger charge is 2.14. The van der Waals surface area contributed by atoms with Crippen LogP contribution in [0.25, 0.3) is 4.96 Å². The highest BCUT2D eigenvalue weighted by Crippen LogP contribution is 2.14. The van der Waals surface area contributed by atoms with Gasteiger partial charge in [-0.15, -0.1) is 11.3 Å². The van der Waals surface area contributed by atoms with E-state index in [0.29, 0.717) is 10.6 Å². The summed E-state index contributed by atoms with van der Waals surface area (Å²) in [6.45, 7) is 0. The Morgan fingerprint density at radius 2 is 1.96 bits per heavy atom. The van der Waals surface area contributed by atoms with Crippen molar-refractivity contribution in [3.8, 4) is 0 Å². The molecule has 1 aromatic carbocycles. The lowest BCUT2D eigenvalue weighted by atomic mass is 10.2. The van der Waals surface area contributed by atoms with Crippen LogP contribution < -0.4 is 10.9 Å². The van der Waals surface area contributed by atoms with E-state index in [0.717, 1.165) is 6.26 Å². The van der Waals surface area contributed by atoms with Gasteiger partial charge in [0.1, 0.15) is 5.56 Å². The summed E-state index contributed by atoms with van der Waals surface area (Å²) >= 11 is 1.29. The fourth-order valence-electron chi connectivity index (χ4n) is 1.96. The molecule has 0 unspecified atom stereocenters. The van der Waals surface area contributed by atoms with Crippen molar-refractivity contribution in [2.45, 2.75) is 4.90 Å². The van der Waals surface area contributed by atoms with Crippen LogP contribution in [0.15, 0.2) is 51.7 Å². The number of carbonyl (C=O) groups is 1. The summed E-state index contributed by atoms with van der Waals surface area (Å²) in [5.74, 6) is -0.602. The van der Waals surface area contributed by atoms with Crippen LogP contribution in [-0.2, 0) is 9.84 Å². The number of thiazole rings is 1. The van der Waals surface area contributed by atoms with Crippen molar-refractivity contribution in [1.29, 1.82) is 0 Å². The first-order valence-electron chi connectivity index (χ1n) is 6.42. The van der Waals surface area contributed by atoms with Crippen LogP contribution in [0, 0.1) is 0 Å². The number of carbonyl (C=O) groups excluding carboxylic acids is 1. The number of benzene rings is 1. The van der Waals surface area contributed by atoms with E-state index in [4.69, 9.17) is 0 Å². The van der Waals surface area contributed by atoms with Crippen LogP contribution in [0.2, 0.25) is 0 Å². The number of anilines is 1. The maximum atomic E-state index is 12.2. The zero-order valence-electron chi connectivity index (χ0n) is 11.9. The number of nitrogens with one attached hydrogen (secondary N) is 1. The zero-order valence-corrected chi connectivity index (χ0v) is 13.5. The van der Waals surface area contributed by atoms with E-state index in [1.54, 1.807) is 11.6 Å². The minimum absolute atomic E-state index is 0.0897. The summed E-state index contributed by atoms with van der Waals surface area (Å²) in [4.78, 5) is 29.1. The molecule has 3 rings (SSSR count). The second-order valence-corrected chi connectivity index (χ2v) is 7.67. The van der Waals surface area contributed by atoms with Gasteiger partial charge in [-0.2, -0.15) is 0 Å². The molecule has 1 amide bonds. The third-order valence-corrected chi connectivity index (χ3v) is 5.03. The van der Waals surface area contributed by atoms with Crippen LogP contribution in [0.4, 0.5) is 5.69 Å². The smallest absolute Gasteiger partial charge is 0.271 e. The number of hydrogen-bond acceptors (Lipinski definition) is 6. The Hall–Kier alpha value is -2.52. The number of rotatable bonds is 3. The number of sulfone groups is 1. The topological polar surface area (TPSA) is 97.6 Å². The van der Waals surface area contributed by atoms with Crippen molar-refractivity contribution in [1.82, 2.24) is 9.38 Å². The fraction of sp³-hybridized carbons (Fsp3) is 0.0714. The number of nitrogens with zero attached hydrogens (tertiary/aromatic N) is 2. The molecule has 23 heavy (non-hydrogen) atoms. The molecule has 118 valence electrons. The van der Waals surface area contributed by atoms with Crippen LogP contribution in [0.1, 0.15) is 10.4 Å². The van der Waals surface area contributed by atoms with E-state index in [9.17, 15) is 18.0 Å². The standard InChI is InChI=1S/C14H11N3O4S2/c1-23(20,21)10-4-2-9(3-5-10)16-12(18)11-8-15-14-17(13(11)19)6-7-22-14/h2-8H,1H3,(H,16,18). The highest BCUT2D eigenvalue weighted by atomic mass is 32.2. The second-order valence-electron chi connectivity index (χ2n) is 4.78. The van der Waals surface area contributed by atoms with E-state index >= 15 is 0 Å². The molecule has 0 radical (unpaired) electrons. The minimum atomic E-state index is -3.30. The molecule has 3 aromatic rings. The first kappa shape index (κ1) is 15.4. The SMILES string of the molecule is CS(=O)(=O)c1ccc(NC(=O)c2cnc3sccn3c2=O)cc1.